The molecule has 2 N–H and O–H groups in total. The average molecular weight is 459 g/mol. The smallest absolute Gasteiger partial charge is 1.00 e. The summed E-state index contributed by atoms with van der Waals surface area (Å²) in [5, 5.41) is -0.00672. The molecule has 0 heterocycles. The van der Waals surface area contributed by atoms with Crippen molar-refractivity contribution in [3.8, 4) is 0 Å². The minimum absolute atomic E-state index is 0. The molecule has 2 rings (SSSR count). The van der Waals surface area contributed by atoms with Crippen LogP contribution < -0.4 is 4.72 Å². The molecule has 6 nitrogen and oxygen atoms in total. The van der Waals surface area contributed by atoms with Gasteiger partial charge >= 0.3 is 37.7 Å². The van der Waals surface area contributed by atoms with Crippen LogP contribution >= 0.6 is 34.8 Å². The van der Waals surface area contributed by atoms with Gasteiger partial charge in [-0.2, -0.15) is 8.42 Å². The van der Waals surface area contributed by atoms with Crippen LogP contribution in [0.3, 0.4) is 0 Å². The number of benzene rings is 2. The third-order valence-corrected chi connectivity index (χ3v) is 6.10. The standard InChI is InChI=1S/C12H8Cl3NO5S2.Ca.2H/c13-9-5-11(15)12(6-10(9)14)22(17,18)16-7-1-3-8(4-2-7)23(19,20)21;;;/h1-6,16H,(H,19,20,21);;;/q;+2;2*-1. The van der Waals surface area contributed by atoms with E-state index in [2.05, 4.69) is 4.72 Å². The van der Waals surface area contributed by atoms with Crippen molar-refractivity contribution in [2.75, 3.05) is 4.72 Å². The van der Waals surface area contributed by atoms with E-state index in [1.165, 1.54) is 18.2 Å². The summed E-state index contributed by atoms with van der Waals surface area (Å²) in [5.74, 6) is 0. The molecule has 0 fully saturated rings. The van der Waals surface area contributed by atoms with E-state index in [0.717, 1.165) is 18.2 Å². The summed E-state index contributed by atoms with van der Waals surface area (Å²) in [4.78, 5) is -0.652. The molecule has 12 heteroatoms. The van der Waals surface area contributed by atoms with E-state index in [0.29, 0.717) is 0 Å². The van der Waals surface area contributed by atoms with E-state index in [1.54, 1.807) is 0 Å². The van der Waals surface area contributed by atoms with Gasteiger partial charge in [0.25, 0.3) is 20.1 Å². The van der Waals surface area contributed by atoms with E-state index < -0.39 is 20.1 Å². The van der Waals surface area contributed by atoms with Crippen molar-refractivity contribution in [2.24, 2.45) is 0 Å². The molecule has 0 unspecified atom stereocenters. The normalized spacial score (nSPS) is 11.7. The molecule has 0 amide bonds. The van der Waals surface area contributed by atoms with Crippen molar-refractivity contribution in [3.63, 3.8) is 0 Å². The van der Waals surface area contributed by atoms with Crippen LogP contribution in [0.4, 0.5) is 5.69 Å². The Morgan fingerprint density at radius 1 is 0.875 bits per heavy atom. The van der Waals surface area contributed by atoms with Gasteiger partial charge in [-0.25, -0.2) is 8.42 Å². The third kappa shape index (κ3) is 5.36. The maximum atomic E-state index is 12.3. The van der Waals surface area contributed by atoms with Gasteiger partial charge in [0.2, 0.25) is 0 Å². The van der Waals surface area contributed by atoms with E-state index in [9.17, 15) is 16.8 Å². The van der Waals surface area contributed by atoms with Crippen molar-refractivity contribution in [1.82, 2.24) is 0 Å². The molecule has 0 radical (unpaired) electrons. The molecule has 24 heavy (non-hydrogen) atoms. The van der Waals surface area contributed by atoms with E-state index in [-0.39, 0.29) is 71.1 Å². The zero-order valence-corrected chi connectivity index (χ0v) is 17.8. The number of nitrogens with one attached hydrogen (secondary N) is 1. The molecule has 0 aliphatic heterocycles. The van der Waals surface area contributed by atoms with Crippen molar-refractivity contribution in [1.29, 1.82) is 0 Å². The van der Waals surface area contributed by atoms with Crippen LogP contribution in [-0.2, 0) is 20.1 Å². The Morgan fingerprint density at radius 2 is 1.38 bits per heavy atom. The zero-order valence-electron chi connectivity index (χ0n) is 13.7. The van der Waals surface area contributed by atoms with Crippen molar-refractivity contribution < 1.29 is 24.2 Å². The molecule has 0 saturated carbocycles. The first-order valence-corrected chi connectivity index (χ1v) is 9.81. The van der Waals surface area contributed by atoms with Gasteiger partial charge in [0.15, 0.2) is 0 Å². The van der Waals surface area contributed by atoms with Gasteiger partial charge in [0.1, 0.15) is 4.90 Å². The van der Waals surface area contributed by atoms with Crippen LogP contribution in [-0.4, -0.2) is 59.1 Å². The number of hydrogen-bond acceptors (Lipinski definition) is 4. The number of hydrogen-bond donors (Lipinski definition) is 2. The Balaban J connectivity index is 0. The number of halogens is 3. The largest absolute Gasteiger partial charge is 2.00 e. The minimum Gasteiger partial charge on any atom is -1.00 e. The van der Waals surface area contributed by atoms with Crippen LogP contribution in [0.2, 0.25) is 15.1 Å². The molecule has 0 aliphatic rings. The quantitative estimate of drug-likeness (QED) is 0.415. The van der Waals surface area contributed by atoms with Gasteiger partial charge < -0.3 is 2.85 Å². The third-order valence-electron chi connectivity index (χ3n) is 2.67. The molecule has 0 aliphatic carbocycles. The predicted octanol–water partition coefficient (Wildman–Crippen LogP) is 3.54. The molecule has 128 valence electrons. The van der Waals surface area contributed by atoms with Crippen molar-refractivity contribution in [2.45, 2.75) is 9.79 Å². The van der Waals surface area contributed by atoms with Crippen molar-refractivity contribution in [3.05, 3.63) is 51.5 Å². The number of rotatable bonds is 4. The minimum atomic E-state index is -4.36. The Hall–Kier alpha value is 0.230. The first-order chi connectivity index (χ1) is 10.5. The van der Waals surface area contributed by atoms with Crippen LogP contribution in [0.15, 0.2) is 46.2 Å². The SMILES string of the molecule is O=S(=O)(O)c1ccc(NS(=O)(=O)c2cc(Cl)c(Cl)cc2Cl)cc1.[Ca+2].[H-].[H-]. The molecular formula is C12H10CaCl3NO5S2. The van der Waals surface area contributed by atoms with Crippen LogP contribution in [0.1, 0.15) is 2.85 Å². The van der Waals surface area contributed by atoms with Gasteiger partial charge in [-0.05, 0) is 36.4 Å². The fourth-order valence-corrected chi connectivity index (χ4v) is 4.16. The molecule has 0 saturated heterocycles. The summed E-state index contributed by atoms with van der Waals surface area (Å²) in [6.07, 6.45) is 0. The zero-order chi connectivity index (χ0) is 17.4. The summed E-state index contributed by atoms with van der Waals surface area (Å²) in [6.45, 7) is 0. The first kappa shape index (κ1) is 22.3. The van der Waals surface area contributed by atoms with Gasteiger partial charge in [-0.1, -0.05) is 34.8 Å². The van der Waals surface area contributed by atoms with Crippen LogP contribution in [0, 0.1) is 0 Å². The number of anilines is 1. The van der Waals surface area contributed by atoms with E-state index in [4.69, 9.17) is 39.4 Å². The van der Waals surface area contributed by atoms with Gasteiger partial charge in [-0.3, -0.25) is 9.27 Å². The predicted molar refractivity (Wildman–Crippen MR) is 96.5 cm³/mol. The summed E-state index contributed by atoms with van der Waals surface area (Å²) < 4.78 is 57.6. The summed E-state index contributed by atoms with van der Waals surface area (Å²) in [7, 11) is -8.43. The van der Waals surface area contributed by atoms with Crippen LogP contribution in [0.5, 0.6) is 0 Å². The Kier molecular flexibility index (Phi) is 7.69. The second-order valence-corrected chi connectivity index (χ2v) is 8.60. The Morgan fingerprint density at radius 3 is 1.88 bits per heavy atom. The second kappa shape index (κ2) is 8.28. The first-order valence-electron chi connectivity index (χ1n) is 5.75. The molecule has 2 aromatic rings. The van der Waals surface area contributed by atoms with Crippen LogP contribution in [0.25, 0.3) is 0 Å². The fourth-order valence-electron chi connectivity index (χ4n) is 1.62. The summed E-state index contributed by atoms with van der Waals surface area (Å²) >= 11 is 17.4. The topological polar surface area (TPSA) is 101 Å². The maximum Gasteiger partial charge on any atom is 2.00 e. The molecular weight excluding hydrogens is 449 g/mol. The van der Waals surface area contributed by atoms with Crippen molar-refractivity contribution >= 4 is 98.4 Å². The van der Waals surface area contributed by atoms with Gasteiger partial charge in [0.05, 0.1) is 20.0 Å². The Labute approximate surface area is 186 Å². The molecule has 0 bridgehead atoms. The monoisotopic (exact) mass is 457 g/mol. The van der Waals surface area contributed by atoms with Gasteiger partial charge in [-0.15, -0.1) is 0 Å². The summed E-state index contributed by atoms with van der Waals surface area (Å²) in [6, 6.07) is 6.73. The Bertz CT molecular complexity index is 973. The molecule has 2 aromatic carbocycles. The van der Waals surface area contributed by atoms with E-state index >= 15 is 0 Å². The number of sulfonamides is 1. The maximum absolute atomic E-state index is 12.3. The second-order valence-electron chi connectivity index (χ2n) is 4.30. The van der Waals surface area contributed by atoms with E-state index in [1.807, 2.05) is 0 Å². The molecule has 0 atom stereocenters. The average Bonchev–Trinajstić information content (AvgIpc) is 2.41. The fraction of sp³-hybridized carbons (Fsp3) is 0. The summed E-state index contributed by atoms with van der Waals surface area (Å²) in [5.41, 5.74) is 0.0690. The molecule has 0 aromatic heterocycles. The molecule has 0 spiro atoms. The van der Waals surface area contributed by atoms with Gasteiger partial charge in [0, 0.05) is 5.69 Å².